The number of halogens is 1. The van der Waals surface area contributed by atoms with Crippen molar-refractivity contribution in [3.8, 4) is 0 Å². The molecule has 134 valence electrons. The van der Waals surface area contributed by atoms with Gasteiger partial charge in [-0.05, 0) is 65.7 Å². The van der Waals surface area contributed by atoms with E-state index in [9.17, 15) is 9.59 Å². The molecule has 0 aliphatic rings. The molecule has 6 heteroatoms. The molecule has 0 saturated heterocycles. The smallest absolute Gasteiger partial charge is 0.424 e. The Balaban J connectivity index is 3.12. The number of imide groups is 1. The van der Waals surface area contributed by atoms with Crippen molar-refractivity contribution in [1.29, 1.82) is 0 Å². The Morgan fingerprint density at radius 2 is 1.33 bits per heavy atom. The highest BCUT2D eigenvalue weighted by atomic mass is 79.9. The summed E-state index contributed by atoms with van der Waals surface area (Å²) in [6.45, 7) is 10.5. The number of carbonyl (C=O) groups is 2. The minimum absolute atomic E-state index is 0.414. The van der Waals surface area contributed by atoms with Gasteiger partial charge in [-0.25, -0.2) is 9.59 Å². The summed E-state index contributed by atoms with van der Waals surface area (Å²) < 4.78 is 10.7. The van der Waals surface area contributed by atoms with Crippen molar-refractivity contribution in [2.24, 2.45) is 0 Å². The zero-order valence-electron chi connectivity index (χ0n) is 15.2. The fourth-order valence-corrected chi connectivity index (χ4v) is 2.28. The monoisotopic (exact) mass is 399 g/mol. The van der Waals surface area contributed by atoms with Gasteiger partial charge in [0.2, 0.25) is 0 Å². The van der Waals surface area contributed by atoms with Crippen molar-refractivity contribution in [3.05, 3.63) is 29.8 Å². The Labute approximate surface area is 152 Å². The average molecular weight is 400 g/mol. The maximum atomic E-state index is 12.5. The lowest BCUT2D eigenvalue weighted by molar-refractivity contribution is 0.0431. The van der Waals surface area contributed by atoms with E-state index in [0.717, 1.165) is 22.2 Å². The van der Waals surface area contributed by atoms with Crippen LogP contribution in [0, 0.1) is 0 Å². The molecule has 24 heavy (non-hydrogen) atoms. The molecular weight excluding hydrogens is 374 g/mol. The van der Waals surface area contributed by atoms with E-state index in [1.807, 2.05) is 12.1 Å². The average Bonchev–Trinajstić information content (AvgIpc) is 2.37. The van der Waals surface area contributed by atoms with Gasteiger partial charge in [0, 0.05) is 5.33 Å². The van der Waals surface area contributed by atoms with Crippen molar-refractivity contribution in [1.82, 2.24) is 0 Å². The SMILES string of the molecule is CC(C)(C)OC(=O)N(C(=O)OC(C)(C)C)c1ccc(CCBr)cc1. The number of nitrogens with zero attached hydrogens (tertiary/aromatic N) is 1. The van der Waals surface area contributed by atoms with E-state index >= 15 is 0 Å². The summed E-state index contributed by atoms with van der Waals surface area (Å²) in [4.78, 5) is 25.9. The molecule has 0 fully saturated rings. The molecule has 0 unspecified atom stereocenters. The van der Waals surface area contributed by atoms with Crippen molar-refractivity contribution < 1.29 is 19.1 Å². The highest BCUT2D eigenvalue weighted by Crippen LogP contribution is 2.22. The van der Waals surface area contributed by atoms with Crippen LogP contribution in [-0.4, -0.2) is 28.7 Å². The predicted octanol–water partition coefficient (Wildman–Crippen LogP) is 5.30. The van der Waals surface area contributed by atoms with Crippen LogP contribution >= 0.6 is 15.9 Å². The Kier molecular flexibility index (Phi) is 6.84. The van der Waals surface area contributed by atoms with Crippen LogP contribution in [0.15, 0.2) is 24.3 Å². The van der Waals surface area contributed by atoms with E-state index < -0.39 is 23.4 Å². The van der Waals surface area contributed by atoms with Crippen molar-refractivity contribution in [2.45, 2.75) is 59.2 Å². The van der Waals surface area contributed by atoms with Gasteiger partial charge in [-0.15, -0.1) is 0 Å². The highest BCUT2D eigenvalue weighted by Gasteiger charge is 2.32. The van der Waals surface area contributed by atoms with Gasteiger partial charge in [0.05, 0.1) is 5.69 Å². The number of rotatable bonds is 3. The van der Waals surface area contributed by atoms with Crippen LogP contribution in [0.5, 0.6) is 0 Å². The molecule has 0 aromatic heterocycles. The summed E-state index contributed by atoms with van der Waals surface area (Å²) in [5.41, 5.74) is 0.0845. The van der Waals surface area contributed by atoms with Gasteiger partial charge in [0.25, 0.3) is 0 Å². The zero-order chi connectivity index (χ0) is 18.5. The first-order valence-corrected chi connectivity index (χ1v) is 8.96. The maximum absolute atomic E-state index is 12.5. The molecule has 5 nitrogen and oxygen atoms in total. The van der Waals surface area contributed by atoms with Crippen LogP contribution in [0.1, 0.15) is 47.1 Å². The van der Waals surface area contributed by atoms with E-state index in [2.05, 4.69) is 15.9 Å². The Morgan fingerprint density at radius 1 is 0.917 bits per heavy atom. The first kappa shape index (κ1) is 20.5. The predicted molar refractivity (Wildman–Crippen MR) is 98.9 cm³/mol. The summed E-state index contributed by atoms with van der Waals surface area (Å²) in [7, 11) is 0. The lowest BCUT2D eigenvalue weighted by Gasteiger charge is -2.28. The number of hydrogen-bond donors (Lipinski definition) is 0. The largest absolute Gasteiger partial charge is 0.443 e. The van der Waals surface area contributed by atoms with E-state index in [1.54, 1.807) is 53.7 Å². The summed E-state index contributed by atoms with van der Waals surface area (Å²) in [6.07, 6.45) is -0.658. The number of hydrogen-bond acceptors (Lipinski definition) is 4. The second-order valence-corrected chi connectivity index (χ2v) is 8.19. The van der Waals surface area contributed by atoms with Crippen LogP contribution in [0.4, 0.5) is 15.3 Å². The van der Waals surface area contributed by atoms with Gasteiger partial charge in [0.1, 0.15) is 11.2 Å². The minimum Gasteiger partial charge on any atom is -0.443 e. The molecule has 0 bridgehead atoms. The number of ether oxygens (including phenoxy) is 2. The molecule has 1 rings (SSSR count). The Morgan fingerprint density at radius 3 is 1.67 bits per heavy atom. The zero-order valence-corrected chi connectivity index (χ0v) is 16.8. The third-order valence-corrected chi connectivity index (χ3v) is 3.13. The molecule has 1 aromatic carbocycles. The first-order chi connectivity index (χ1) is 10.9. The summed E-state index contributed by atoms with van der Waals surface area (Å²) in [6, 6.07) is 7.17. The third kappa shape index (κ3) is 6.91. The number of aryl methyl sites for hydroxylation is 1. The number of benzene rings is 1. The van der Waals surface area contributed by atoms with Gasteiger partial charge in [-0.3, -0.25) is 0 Å². The normalized spacial score (nSPS) is 11.8. The molecular formula is C18H26BrNO4. The van der Waals surface area contributed by atoms with E-state index in [-0.39, 0.29) is 0 Å². The van der Waals surface area contributed by atoms with Crippen LogP contribution < -0.4 is 4.90 Å². The highest BCUT2D eigenvalue weighted by molar-refractivity contribution is 9.09. The molecule has 0 saturated carbocycles. The molecule has 0 spiro atoms. The van der Waals surface area contributed by atoms with Crippen molar-refractivity contribution >= 4 is 33.8 Å². The topological polar surface area (TPSA) is 55.8 Å². The lowest BCUT2D eigenvalue weighted by Crippen LogP contribution is -2.43. The number of alkyl halides is 1. The van der Waals surface area contributed by atoms with Crippen LogP contribution in [0.2, 0.25) is 0 Å². The quantitative estimate of drug-likeness (QED) is 0.646. The van der Waals surface area contributed by atoms with E-state index in [0.29, 0.717) is 5.69 Å². The second kappa shape index (κ2) is 8.01. The molecule has 0 aliphatic carbocycles. The summed E-state index contributed by atoms with van der Waals surface area (Å²) in [5, 5.41) is 0.841. The van der Waals surface area contributed by atoms with Gasteiger partial charge < -0.3 is 9.47 Å². The van der Waals surface area contributed by atoms with E-state index in [4.69, 9.17) is 9.47 Å². The number of amides is 2. The summed E-state index contributed by atoms with van der Waals surface area (Å²) >= 11 is 3.39. The van der Waals surface area contributed by atoms with Gasteiger partial charge in [-0.1, -0.05) is 28.1 Å². The fourth-order valence-electron chi connectivity index (χ4n) is 1.82. The molecule has 0 aliphatic heterocycles. The Hall–Kier alpha value is -1.56. The Bertz CT molecular complexity index is 542. The summed E-state index contributed by atoms with van der Waals surface area (Å²) in [5.74, 6) is 0. The third-order valence-electron chi connectivity index (χ3n) is 2.73. The van der Waals surface area contributed by atoms with Gasteiger partial charge >= 0.3 is 12.2 Å². The van der Waals surface area contributed by atoms with Crippen LogP contribution in [0.3, 0.4) is 0 Å². The molecule has 0 N–H and O–H groups in total. The fraction of sp³-hybridized carbons (Fsp3) is 0.556. The molecule has 0 heterocycles. The molecule has 1 aromatic rings. The molecule has 0 atom stereocenters. The second-order valence-electron chi connectivity index (χ2n) is 7.40. The van der Waals surface area contributed by atoms with E-state index in [1.165, 1.54) is 0 Å². The maximum Gasteiger partial charge on any atom is 0.424 e. The first-order valence-electron chi connectivity index (χ1n) is 7.84. The lowest BCUT2D eigenvalue weighted by atomic mass is 10.1. The number of carbonyl (C=O) groups excluding carboxylic acids is 2. The number of anilines is 1. The van der Waals surface area contributed by atoms with Crippen LogP contribution in [-0.2, 0) is 15.9 Å². The molecule has 2 amide bonds. The van der Waals surface area contributed by atoms with Gasteiger partial charge in [-0.2, -0.15) is 4.90 Å². The van der Waals surface area contributed by atoms with Crippen molar-refractivity contribution in [2.75, 3.05) is 10.2 Å². The van der Waals surface area contributed by atoms with Crippen molar-refractivity contribution in [3.63, 3.8) is 0 Å². The van der Waals surface area contributed by atoms with Gasteiger partial charge in [0.15, 0.2) is 0 Å². The van der Waals surface area contributed by atoms with Crippen LogP contribution in [0.25, 0.3) is 0 Å². The molecule has 0 radical (unpaired) electrons. The standard InChI is InChI=1S/C18H26BrNO4/c1-17(2,3)23-15(21)20(16(22)24-18(4,5)6)14-9-7-13(8-10-14)11-12-19/h7-10H,11-12H2,1-6H3. The minimum atomic E-state index is -0.759.